The molecule has 4 aromatic heterocycles. The van der Waals surface area contributed by atoms with E-state index in [1.54, 1.807) is 29.1 Å². The number of nitrogens with zero attached hydrogens (tertiary/aromatic N) is 6. The summed E-state index contributed by atoms with van der Waals surface area (Å²) in [4.78, 5) is 20.6. The van der Waals surface area contributed by atoms with Crippen LogP contribution in [0.1, 0.15) is 16.2 Å². The van der Waals surface area contributed by atoms with E-state index in [4.69, 9.17) is 0 Å². The molecule has 9 nitrogen and oxygen atoms in total. The van der Waals surface area contributed by atoms with Crippen molar-refractivity contribution < 1.29 is 4.79 Å². The van der Waals surface area contributed by atoms with Crippen LogP contribution in [0.25, 0.3) is 17.0 Å². The first kappa shape index (κ1) is 14.0. The molecule has 24 heavy (non-hydrogen) atoms. The molecule has 4 aromatic rings. The predicted octanol–water partition coefficient (Wildman–Crippen LogP) is 1.47. The number of anilines is 1. The van der Waals surface area contributed by atoms with Gasteiger partial charge in [-0.05, 0) is 31.2 Å². The first-order chi connectivity index (χ1) is 11.7. The van der Waals surface area contributed by atoms with Crippen molar-refractivity contribution in [3.8, 4) is 11.3 Å². The molecule has 2 N–H and O–H groups in total. The second-order valence-corrected chi connectivity index (χ2v) is 5.12. The maximum absolute atomic E-state index is 12.4. The van der Waals surface area contributed by atoms with E-state index in [0.717, 1.165) is 11.3 Å². The maximum atomic E-state index is 12.4. The number of hydrogen-bond donors (Lipinski definition) is 2. The lowest BCUT2D eigenvalue weighted by Gasteiger charge is -2.01. The number of fused-ring (bicyclic) bond motifs is 1. The Morgan fingerprint density at radius 1 is 1.21 bits per heavy atom. The minimum absolute atomic E-state index is 0.294. The normalized spacial score (nSPS) is 10.9. The average Bonchev–Trinajstić information content (AvgIpc) is 3.23. The number of carbonyl (C=O) groups excluding carboxylic acids is 1. The molecule has 4 heterocycles. The zero-order valence-corrected chi connectivity index (χ0v) is 12.6. The Bertz CT molecular complexity index is 1020. The van der Waals surface area contributed by atoms with E-state index < -0.39 is 0 Å². The zero-order chi connectivity index (χ0) is 16.5. The molecule has 0 atom stereocenters. The molecule has 0 unspecified atom stereocenters. The molecule has 0 saturated carbocycles. The third-order valence-corrected chi connectivity index (χ3v) is 3.44. The van der Waals surface area contributed by atoms with Gasteiger partial charge in [-0.15, -0.1) is 10.2 Å². The second kappa shape index (κ2) is 5.54. The number of hydrogen-bond acceptors (Lipinski definition) is 6. The van der Waals surface area contributed by atoms with E-state index in [1.807, 2.05) is 25.1 Å². The van der Waals surface area contributed by atoms with Crippen molar-refractivity contribution in [2.45, 2.75) is 6.92 Å². The van der Waals surface area contributed by atoms with Crippen LogP contribution in [0.3, 0.4) is 0 Å². The summed E-state index contributed by atoms with van der Waals surface area (Å²) in [6.07, 6.45) is 5.09. The van der Waals surface area contributed by atoms with E-state index in [-0.39, 0.29) is 5.91 Å². The van der Waals surface area contributed by atoms with Crippen LogP contribution >= 0.6 is 0 Å². The molecule has 0 radical (unpaired) electrons. The number of H-pyrrole nitrogens is 1. The smallest absolute Gasteiger partial charge is 0.276 e. The number of aryl methyl sites for hydroxylation is 1. The molecular formula is C15H12N8O. The second-order valence-electron chi connectivity index (χ2n) is 5.12. The van der Waals surface area contributed by atoms with Gasteiger partial charge in [0.15, 0.2) is 0 Å². The van der Waals surface area contributed by atoms with Gasteiger partial charge in [0.05, 0.1) is 5.69 Å². The number of aromatic amines is 1. The Labute approximate surface area is 135 Å². The summed E-state index contributed by atoms with van der Waals surface area (Å²) in [5.41, 5.74) is 2.67. The first-order valence-corrected chi connectivity index (χ1v) is 7.16. The molecule has 0 spiro atoms. The molecule has 118 valence electrons. The Kier molecular flexibility index (Phi) is 3.23. The topological polar surface area (TPSA) is 114 Å². The van der Waals surface area contributed by atoms with E-state index in [2.05, 4.69) is 35.7 Å². The SMILES string of the molecule is Cc1ccn2c(NC(=O)c3cc(-c4ccncc4)n[nH]3)nnc2n1. The lowest BCUT2D eigenvalue weighted by atomic mass is 10.2. The van der Waals surface area contributed by atoms with Crippen molar-refractivity contribution in [2.75, 3.05) is 5.32 Å². The van der Waals surface area contributed by atoms with Crippen molar-refractivity contribution in [1.29, 1.82) is 0 Å². The largest absolute Gasteiger partial charge is 0.289 e. The maximum Gasteiger partial charge on any atom is 0.276 e. The van der Waals surface area contributed by atoms with Gasteiger partial charge in [0, 0.05) is 29.8 Å². The highest BCUT2D eigenvalue weighted by atomic mass is 16.2. The lowest BCUT2D eigenvalue weighted by molar-refractivity contribution is 0.102. The molecule has 0 aliphatic heterocycles. The van der Waals surface area contributed by atoms with Gasteiger partial charge < -0.3 is 0 Å². The molecule has 1 amide bonds. The number of nitrogens with one attached hydrogen (secondary N) is 2. The van der Waals surface area contributed by atoms with Crippen LogP contribution in [0, 0.1) is 6.92 Å². The molecule has 0 saturated heterocycles. The Morgan fingerprint density at radius 3 is 2.88 bits per heavy atom. The Balaban J connectivity index is 1.59. The van der Waals surface area contributed by atoms with Crippen LogP contribution in [0.5, 0.6) is 0 Å². The summed E-state index contributed by atoms with van der Waals surface area (Å²) < 4.78 is 1.60. The van der Waals surface area contributed by atoms with Crippen molar-refractivity contribution in [3.63, 3.8) is 0 Å². The van der Waals surface area contributed by atoms with Gasteiger partial charge in [-0.25, -0.2) is 4.98 Å². The van der Waals surface area contributed by atoms with Gasteiger partial charge in [-0.3, -0.25) is 24.6 Å². The molecule has 0 aliphatic carbocycles. The van der Waals surface area contributed by atoms with Crippen LogP contribution in [-0.2, 0) is 0 Å². The monoisotopic (exact) mass is 320 g/mol. The fourth-order valence-electron chi connectivity index (χ4n) is 2.24. The average molecular weight is 320 g/mol. The Hall–Kier alpha value is -3.62. The fourth-order valence-corrected chi connectivity index (χ4v) is 2.24. The van der Waals surface area contributed by atoms with Gasteiger partial charge in [0.2, 0.25) is 5.95 Å². The van der Waals surface area contributed by atoms with Gasteiger partial charge >= 0.3 is 0 Å². The van der Waals surface area contributed by atoms with Crippen molar-refractivity contribution in [3.05, 3.63) is 54.2 Å². The van der Waals surface area contributed by atoms with Crippen LogP contribution in [0.15, 0.2) is 42.9 Å². The van der Waals surface area contributed by atoms with E-state index in [9.17, 15) is 4.79 Å². The highest BCUT2D eigenvalue weighted by Gasteiger charge is 2.14. The third kappa shape index (κ3) is 2.47. The van der Waals surface area contributed by atoms with Gasteiger partial charge in [-0.1, -0.05) is 0 Å². The predicted molar refractivity (Wildman–Crippen MR) is 85.3 cm³/mol. The molecule has 0 aromatic carbocycles. The zero-order valence-electron chi connectivity index (χ0n) is 12.6. The van der Waals surface area contributed by atoms with E-state index >= 15 is 0 Å². The molecule has 4 rings (SSSR count). The van der Waals surface area contributed by atoms with Crippen LogP contribution < -0.4 is 5.32 Å². The molecule has 0 aliphatic rings. The summed E-state index contributed by atoms with van der Waals surface area (Å²) in [7, 11) is 0. The number of carbonyl (C=O) groups is 1. The molecule has 0 fully saturated rings. The summed E-state index contributed by atoms with van der Waals surface area (Å²) in [6, 6.07) is 7.11. The minimum atomic E-state index is -0.363. The molecule has 9 heteroatoms. The summed E-state index contributed by atoms with van der Waals surface area (Å²) in [5.74, 6) is 0.354. The van der Waals surface area contributed by atoms with Crippen LogP contribution in [-0.4, -0.2) is 40.7 Å². The quantitative estimate of drug-likeness (QED) is 0.591. The lowest BCUT2D eigenvalue weighted by Crippen LogP contribution is -2.14. The summed E-state index contributed by atoms with van der Waals surface area (Å²) in [5, 5.41) is 17.4. The van der Waals surface area contributed by atoms with Gasteiger partial charge in [-0.2, -0.15) is 5.10 Å². The summed E-state index contributed by atoms with van der Waals surface area (Å²) in [6.45, 7) is 1.86. The minimum Gasteiger partial charge on any atom is -0.289 e. The van der Waals surface area contributed by atoms with Crippen molar-refractivity contribution in [1.82, 2.24) is 34.8 Å². The number of rotatable bonds is 3. The number of amides is 1. The van der Waals surface area contributed by atoms with Crippen LogP contribution in [0.2, 0.25) is 0 Å². The van der Waals surface area contributed by atoms with Crippen molar-refractivity contribution in [2.24, 2.45) is 0 Å². The van der Waals surface area contributed by atoms with E-state index in [1.165, 1.54) is 0 Å². The summed E-state index contributed by atoms with van der Waals surface area (Å²) >= 11 is 0. The fraction of sp³-hybridized carbons (Fsp3) is 0.0667. The van der Waals surface area contributed by atoms with E-state index in [0.29, 0.717) is 23.1 Å². The highest BCUT2D eigenvalue weighted by Crippen LogP contribution is 2.17. The van der Waals surface area contributed by atoms with Gasteiger partial charge in [0.25, 0.3) is 11.7 Å². The first-order valence-electron chi connectivity index (χ1n) is 7.16. The van der Waals surface area contributed by atoms with Crippen molar-refractivity contribution >= 4 is 17.6 Å². The number of aromatic nitrogens is 7. The Morgan fingerprint density at radius 2 is 2.04 bits per heavy atom. The number of pyridine rings is 1. The van der Waals surface area contributed by atoms with Gasteiger partial charge in [0.1, 0.15) is 5.69 Å². The van der Waals surface area contributed by atoms with Crippen LogP contribution in [0.4, 0.5) is 5.95 Å². The standard InChI is InChI=1S/C15H12N8O/c1-9-4-7-23-14(17-9)21-22-15(23)18-13(24)12-8-11(19-20-12)10-2-5-16-6-3-10/h2-8H,1H3,(H,19,20)(H,18,22,24). The third-order valence-electron chi connectivity index (χ3n) is 3.44. The molecular weight excluding hydrogens is 308 g/mol. The molecule has 0 bridgehead atoms. The highest BCUT2D eigenvalue weighted by molar-refractivity contribution is 6.02.